The van der Waals surface area contributed by atoms with Crippen molar-refractivity contribution in [3.63, 3.8) is 0 Å². The Balaban J connectivity index is 1.77. The van der Waals surface area contributed by atoms with E-state index in [-0.39, 0.29) is 16.8 Å². The Morgan fingerprint density at radius 1 is 1.00 bits per heavy atom. The van der Waals surface area contributed by atoms with Crippen LogP contribution in [0.4, 0.5) is 15.9 Å². The number of nitrogens with zero attached hydrogens (tertiary/aromatic N) is 2. The second kappa shape index (κ2) is 8.39. The molecular weight excluding hydrogens is 377 g/mol. The van der Waals surface area contributed by atoms with E-state index < -0.39 is 15.8 Å². The molecule has 146 valence electrons. The minimum Gasteiger partial charge on any atom is -0.364 e. The molecule has 0 spiro atoms. The zero-order chi connectivity index (χ0) is 20.1. The van der Waals surface area contributed by atoms with Crippen molar-refractivity contribution in [2.24, 2.45) is 0 Å². The van der Waals surface area contributed by atoms with Gasteiger partial charge in [-0.05, 0) is 55.8 Å². The highest BCUT2D eigenvalue weighted by Crippen LogP contribution is 2.22. The first kappa shape index (κ1) is 19.8. The molecule has 0 bridgehead atoms. The number of nitrogens with one attached hydrogen (secondary N) is 1. The topological polar surface area (TPSA) is 62.3 Å². The molecule has 1 aromatic heterocycles. The van der Waals surface area contributed by atoms with E-state index in [1.165, 1.54) is 17.7 Å². The zero-order valence-corrected chi connectivity index (χ0v) is 16.5. The van der Waals surface area contributed by atoms with Crippen LogP contribution in [-0.2, 0) is 16.6 Å². The van der Waals surface area contributed by atoms with Gasteiger partial charge in [0.1, 0.15) is 11.6 Å². The zero-order valence-electron chi connectivity index (χ0n) is 15.7. The van der Waals surface area contributed by atoms with Gasteiger partial charge in [0.25, 0.3) is 10.0 Å². The van der Waals surface area contributed by atoms with Crippen LogP contribution in [0.2, 0.25) is 0 Å². The highest BCUT2D eigenvalue weighted by molar-refractivity contribution is 7.92. The van der Waals surface area contributed by atoms with Crippen molar-refractivity contribution in [2.45, 2.75) is 31.3 Å². The number of halogens is 1. The third kappa shape index (κ3) is 4.86. The maximum Gasteiger partial charge on any atom is 0.263 e. The van der Waals surface area contributed by atoms with E-state index in [1.54, 1.807) is 12.3 Å². The fourth-order valence-electron chi connectivity index (χ4n) is 2.78. The molecule has 0 aliphatic heterocycles. The van der Waals surface area contributed by atoms with Gasteiger partial charge in [0, 0.05) is 12.6 Å². The molecule has 7 heteroatoms. The molecule has 0 unspecified atom stereocenters. The Kier molecular flexibility index (Phi) is 5.94. The van der Waals surface area contributed by atoms with E-state index in [0.29, 0.717) is 0 Å². The normalized spacial score (nSPS) is 11.4. The van der Waals surface area contributed by atoms with Crippen LogP contribution in [0.25, 0.3) is 0 Å². The Morgan fingerprint density at radius 2 is 1.68 bits per heavy atom. The van der Waals surface area contributed by atoms with Crippen LogP contribution in [0, 0.1) is 5.82 Å². The van der Waals surface area contributed by atoms with Gasteiger partial charge in [0.2, 0.25) is 0 Å². The van der Waals surface area contributed by atoms with Crippen molar-refractivity contribution in [3.8, 4) is 0 Å². The number of benzene rings is 2. The van der Waals surface area contributed by atoms with Crippen LogP contribution < -0.4 is 9.62 Å². The summed E-state index contributed by atoms with van der Waals surface area (Å²) < 4.78 is 40.2. The van der Waals surface area contributed by atoms with Gasteiger partial charge in [-0.15, -0.1) is 0 Å². The number of rotatable bonds is 7. The van der Waals surface area contributed by atoms with E-state index in [0.717, 1.165) is 24.4 Å². The summed E-state index contributed by atoms with van der Waals surface area (Å²) in [6, 6.07) is 18.4. The average molecular weight is 399 g/mol. The first-order valence-electron chi connectivity index (χ1n) is 8.90. The number of aromatic nitrogens is 1. The molecule has 0 atom stereocenters. The molecule has 0 amide bonds. The largest absolute Gasteiger partial charge is 0.364 e. The number of sulfonamides is 1. The number of pyridine rings is 1. The van der Waals surface area contributed by atoms with Crippen molar-refractivity contribution in [2.75, 3.05) is 9.62 Å². The molecule has 2 aromatic carbocycles. The van der Waals surface area contributed by atoms with Crippen LogP contribution in [0.15, 0.2) is 77.8 Å². The number of hydrogen-bond acceptors (Lipinski definition) is 4. The predicted octanol–water partition coefficient (Wildman–Crippen LogP) is 4.44. The molecule has 3 rings (SSSR count). The van der Waals surface area contributed by atoms with E-state index in [9.17, 15) is 12.8 Å². The quantitative estimate of drug-likeness (QED) is 0.638. The predicted molar refractivity (Wildman–Crippen MR) is 109 cm³/mol. The molecule has 0 aliphatic carbocycles. The van der Waals surface area contributed by atoms with Crippen molar-refractivity contribution in [1.82, 2.24) is 4.98 Å². The van der Waals surface area contributed by atoms with Crippen LogP contribution in [-0.4, -0.2) is 19.4 Å². The number of hydrogen-bond donors (Lipinski definition) is 1. The average Bonchev–Trinajstić information content (AvgIpc) is 2.67. The standard InChI is InChI=1S/C21H22FN3O2S/c1-16(2)25(15-17-6-4-3-5-7-17)19-10-13-21(23-14-19)24-28(26,27)20-11-8-18(22)9-12-20/h3-14,16H,15H2,1-2H3,(H,23,24). The fourth-order valence-corrected chi connectivity index (χ4v) is 3.79. The first-order chi connectivity index (χ1) is 13.3. The smallest absolute Gasteiger partial charge is 0.263 e. The van der Waals surface area contributed by atoms with Crippen LogP contribution in [0.3, 0.4) is 0 Å². The van der Waals surface area contributed by atoms with E-state index in [1.807, 2.05) is 24.3 Å². The number of anilines is 2. The summed E-state index contributed by atoms with van der Waals surface area (Å²) in [6.45, 7) is 4.91. The fraction of sp³-hybridized carbons (Fsp3) is 0.190. The van der Waals surface area contributed by atoms with Crippen molar-refractivity contribution in [3.05, 3.63) is 84.3 Å². The lowest BCUT2D eigenvalue weighted by Crippen LogP contribution is -2.30. The minimum atomic E-state index is -3.82. The van der Waals surface area contributed by atoms with Gasteiger partial charge in [-0.2, -0.15) is 0 Å². The van der Waals surface area contributed by atoms with Gasteiger partial charge in [-0.1, -0.05) is 30.3 Å². The summed E-state index contributed by atoms with van der Waals surface area (Å²) in [4.78, 5) is 6.41. The summed E-state index contributed by atoms with van der Waals surface area (Å²) in [5.41, 5.74) is 2.07. The highest BCUT2D eigenvalue weighted by atomic mass is 32.2. The van der Waals surface area contributed by atoms with Crippen LogP contribution in [0.5, 0.6) is 0 Å². The van der Waals surface area contributed by atoms with Crippen molar-refractivity contribution >= 4 is 21.5 Å². The Hall–Kier alpha value is -2.93. The Bertz CT molecular complexity index is 1010. The third-order valence-corrected chi connectivity index (χ3v) is 5.63. The lowest BCUT2D eigenvalue weighted by atomic mass is 10.1. The molecule has 28 heavy (non-hydrogen) atoms. The molecule has 1 heterocycles. The molecular formula is C21H22FN3O2S. The van der Waals surface area contributed by atoms with Gasteiger partial charge >= 0.3 is 0 Å². The molecule has 0 saturated carbocycles. The lowest BCUT2D eigenvalue weighted by molar-refractivity contribution is 0.599. The Morgan fingerprint density at radius 3 is 2.25 bits per heavy atom. The molecule has 3 aromatic rings. The lowest BCUT2D eigenvalue weighted by Gasteiger charge is -2.29. The SMILES string of the molecule is CC(C)N(Cc1ccccc1)c1ccc(NS(=O)(=O)c2ccc(F)cc2)nc1. The van der Waals surface area contributed by atoms with Crippen molar-refractivity contribution < 1.29 is 12.8 Å². The molecule has 0 aliphatic rings. The summed E-state index contributed by atoms with van der Waals surface area (Å²) in [6.07, 6.45) is 1.64. The van der Waals surface area contributed by atoms with Gasteiger partial charge in [0.05, 0.1) is 16.8 Å². The summed E-state index contributed by atoms with van der Waals surface area (Å²) >= 11 is 0. The van der Waals surface area contributed by atoms with Gasteiger partial charge in [0.15, 0.2) is 0 Å². The van der Waals surface area contributed by atoms with E-state index >= 15 is 0 Å². The Labute approximate surface area is 164 Å². The van der Waals surface area contributed by atoms with Crippen LogP contribution >= 0.6 is 0 Å². The van der Waals surface area contributed by atoms with Gasteiger partial charge in [-0.3, -0.25) is 4.72 Å². The van der Waals surface area contributed by atoms with E-state index in [2.05, 4.69) is 40.6 Å². The van der Waals surface area contributed by atoms with E-state index in [4.69, 9.17) is 0 Å². The maximum absolute atomic E-state index is 13.0. The third-order valence-electron chi connectivity index (χ3n) is 4.26. The monoisotopic (exact) mass is 399 g/mol. The second-order valence-electron chi connectivity index (χ2n) is 6.67. The highest BCUT2D eigenvalue weighted by Gasteiger charge is 2.16. The van der Waals surface area contributed by atoms with Gasteiger partial charge < -0.3 is 4.90 Å². The molecule has 0 fully saturated rings. The first-order valence-corrected chi connectivity index (χ1v) is 10.4. The second-order valence-corrected chi connectivity index (χ2v) is 8.35. The van der Waals surface area contributed by atoms with Gasteiger partial charge in [-0.25, -0.2) is 17.8 Å². The maximum atomic E-state index is 13.0. The summed E-state index contributed by atoms with van der Waals surface area (Å²) in [5.74, 6) is -0.287. The molecule has 0 radical (unpaired) electrons. The summed E-state index contributed by atoms with van der Waals surface area (Å²) in [7, 11) is -3.82. The molecule has 1 N–H and O–H groups in total. The summed E-state index contributed by atoms with van der Waals surface area (Å²) in [5, 5.41) is 0. The van der Waals surface area contributed by atoms with Crippen molar-refractivity contribution in [1.29, 1.82) is 0 Å². The molecule has 5 nitrogen and oxygen atoms in total. The van der Waals surface area contributed by atoms with Crippen LogP contribution in [0.1, 0.15) is 19.4 Å². The molecule has 0 saturated heterocycles. The minimum absolute atomic E-state index is 0.0207.